The maximum absolute atomic E-state index is 12.7. The zero-order valence-corrected chi connectivity index (χ0v) is 17.1. The Kier molecular flexibility index (Phi) is 7.27. The Labute approximate surface area is 171 Å². The predicted molar refractivity (Wildman–Crippen MR) is 105 cm³/mol. The molecule has 1 heterocycles. The summed E-state index contributed by atoms with van der Waals surface area (Å²) >= 11 is 0.666. The molecule has 0 aliphatic carbocycles. The van der Waals surface area contributed by atoms with Crippen LogP contribution in [0.25, 0.3) is 6.08 Å². The molecular formula is C19H21NO8S. The van der Waals surface area contributed by atoms with Gasteiger partial charge in [-0.3, -0.25) is 14.5 Å². The number of para-hydroxylation sites is 1. The third kappa shape index (κ3) is 4.89. The number of hydrogen-bond donors (Lipinski definition) is 1. The van der Waals surface area contributed by atoms with Crippen LogP contribution in [-0.4, -0.2) is 59.0 Å². The highest BCUT2D eigenvalue weighted by molar-refractivity contribution is 8.18. The molecule has 1 aromatic carbocycles. The molecule has 2 atom stereocenters. The van der Waals surface area contributed by atoms with Gasteiger partial charge in [-0.25, -0.2) is 9.59 Å². The number of rotatable bonds is 8. The topological polar surface area (TPSA) is 119 Å². The van der Waals surface area contributed by atoms with Gasteiger partial charge in [0.2, 0.25) is 0 Å². The van der Waals surface area contributed by atoms with E-state index in [0.717, 1.165) is 4.90 Å². The van der Waals surface area contributed by atoms with Crippen molar-refractivity contribution in [3.8, 4) is 11.5 Å². The molecule has 2 amide bonds. The van der Waals surface area contributed by atoms with Crippen LogP contribution in [0.15, 0.2) is 23.1 Å². The molecule has 9 nitrogen and oxygen atoms in total. The van der Waals surface area contributed by atoms with Gasteiger partial charge in [0.15, 0.2) is 17.6 Å². The predicted octanol–water partition coefficient (Wildman–Crippen LogP) is 2.54. The fourth-order valence-corrected chi connectivity index (χ4v) is 3.38. The number of ether oxygens (including phenoxy) is 3. The van der Waals surface area contributed by atoms with Gasteiger partial charge in [-0.05, 0) is 44.7 Å². The lowest BCUT2D eigenvalue weighted by Crippen LogP contribution is -2.42. The van der Waals surface area contributed by atoms with Crippen molar-refractivity contribution in [1.82, 2.24) is 4.90 Å². The van der Waals surface area contributed by atoms with E-state index in [1.807, 2.05) is 0 Å². The minimum Gasteiger partial charge on any atom is -0.493 e. The van der Waals surface area contributed by atoms with E-state index in [-0.39, 0.29) is 23.0 Å². The highest BCUT2D eigenvalue weighted by atomic mass is 32.2. The third-order valence-electron chi connectivity index (χ3n) is 4.00. The zero-order chi connectivity index (χ0) is 21.7. The Morgan fingerprint density at radius 3 is 2.55 bits per heavy atom. The molecule has 0 saturated carbocycles. The van der Waals surface area contributed by atoms with E-state index in [1.54, 1.807) is 25.1 Å². The molecule has 0 radical (unpaired) electrons. The average Bonchev–Trinajstić information content (AvgIpc) is 2.95. The molecule has 0 spiro atoms. The Morgan fingerprint density at radius 1 is 1.28 bits per heavy atom. The molecule has 29 heavy (non-hydrogen) atoms. The fourth-order valence-electron chi connectivity index (χ4n) is 2.48. The minimum absolute atomic E-state index is 0.0622. The van der Waals surface area contributed by atoms with E-state index in [1.165, 1.54) is 27.0 Å². The summed E-state index contributed by atoms with van der Waals surface area (Å²) < 4.78 is 15.6. The number of nitrogens with zero attached hydrogens (tertiary/aromatic N) is 1. The summed E-state index contributed by atoms with van der Waals surface area (Å²) in [6.07, 6.45) is 0.229. The Bertz CT molecular complexity index is 866. The third-order valence-corrected chi connectivity index (χ3v) is 4.88. The van der Waals surface area contributed by atoms with E-state index in [9.17, 15) is 19.2 Å². The van der Waals surface area contributed by atoms with Crippen molar-refractivity contribution in [2.45, 2.75) is 32.9 Å². The van der Waals surface area contributed by atoms with Crippen LogP contribution in [-0.2, 0) is 19.1 Å². The van der Waals surface area contributed by atoms with E-state index in [4.69, 9.17) is 19.3 Å². The van der Waals surface area contributed by atoms with Crippen molar-refractivity contribution in [2.24, 2.45) is 0 Å². The molecular weight excluding hydrogens is 402 g/mol. The summed E-state index contributed by atoms with van der Waals surface area (Å²) in [6.45, 7) is 4.52. The van der Waals surface area contributed by atoms with Crippen molar-refractivity contribution < 1.29 is 38.5 Å². The van der Waals surface area contributed by atoms with E-state index >= 15 is 0 Å². The number of carbonyl (C=O) groups is 4. The number of thioether (sulfide) groups is 1. The van der Waals surface area contributed by atoms with Gasteiger partial charge in [0.25, 0.3) is 11.1 Å². The van der Waals surface area contributed by atoms with Crippen molar-refractivity contribution in [3.63, 3.8) is 0 Å². The summed E-state index contributed by atoms with van der Waals surface area (Å²) in [5, 5.41) is 8.51. The van der Waals surface area contributed by atoms with Crippen LogP contribution in [0, 0.1) is 0 Å². The van der Waals surface area contributed by atoms with Gasteiger partial charge in [0, 0.05) is 5.56 Å². The number of carboxylic acid groups (broad SMARTS) is 1. The molecule has 1 aromatic rings. The number of carbonyl (C=O) groups excluding carboxylic acids is 3. The first-order valence-electron chi connectivity index (χ1n) is 8.71. The molecule has 0 unspecified atom stereocenters. The largest absolute Gasteiger partial charge is 0.493 e. The quantitative estimate of drug-likeness (QED) is 0.497. The number of esters is 1. The van der Waals surface area contributed by atoms with Crippen molar-refractivity contribution >= 4 is 40.9 Å². The van der Waals surface area contributed by atoms with Crippen molar-refractivity contribution in [1.29, 1.82) is 0 Å². The lowest BCUT2D eigenvalue weighted by molar-refractivity contribution is -0.150. The van der Waals surface area contributed by atoms with Crippen LogP contribution in [0.1, 0.15) is 26.3 Å². The van der Waals surface area contributed by atoms with Crippen LogP contribution in [0.2, 0.25) is 0 Å². The summed E-state index contributed by atoms with van der Waals surface area (Å²) in [4.78, 5) is 49.0. The molecule has 1 saturated heterocycles. The van der Waals surface area contributed by atoms with Gasteiger partial charge in [-0.1, -0.05) is 12.1 Å². The normalized spacial score (nSPS) is 17.2. The summed E-state index contributed by atoms with van der Waals surface area (Å²) in [5.74, 6) is -2.12. The summed E-state index contributed by atoms with van der Waals surface area (Å²) in [7, 11) is 1.40. The van der Waals surface area contributed by atoms with Gasteiger partial charge >= 0.3 is 11.9 Å². The van der Waals surface area contributed by atoms with E-state index < -0.39 is 35.2 Å². The molecule has 1 N–H and O–H groups in total. The number of aliphatic carboxylic acids is 1. The summed E-state index contributed by atoms with van der Waals surface area (Å²) in [6, 6.07) is 3.74. The second-order valence-corrected chi connectivity index (χ2v) is 6.95. The maximum atomic E-state index is 12.7. The number of amides is 2. The number of methoxy groups -OCH3 is 1. The molecule has 0 bridgehead atoms. The molecule has 10 heteroatoms. The number of imide groups is 1. The first kappa shape index (κ1) is 22.3. The first-order chi connectivity index (χ1) is 13.7. The monoisotopic (exact) mass is 423 g/mol. The molecule has 2 rings (SSSR count). The van der Waals surface area contributed by atoms with Gasteiger partial charge in [0.05, 0.1) is 18.6 Å². The lowest BCUT2D eigenvalue weighted by atomic mass is 10.1. The molecule has 1 aliphatic rings. The van der Waals surface area contributed by atoms with Gasteiger partial charge in [0.1, 0.15) is 6.04 Å². The molecule has 156 valence electrons. The fraction of sp³-hybridized carbons (Fsp3) is 0.368. The van der Waals surface area contributed by atoms with E-state index in [0.29, 0.717) is 17.3 Å². The molecule has 0 aromatic heterocycles. The Hall–Kier alpha value is -3.01. The SMILES string of the molecule is CCOC(=O)[C@H](C)N1C(=O)S/C(=C/c2cccc(OC)c2O[C@H](C)C(=O)O)C1=O. The molecule has 1 aliphatic heterocycles. The van der Waals surface area contributed by atoms with Gasteiger partial charge in [-0.2, -0.15) is 0 Å². The minimum atomic E-state index is -1.18. The number of benzene rings is 1. The zero-order valence-electron chi connectivity index (χ0n) is 16.3. The summed E-state index contributed by atoms with van der Waals surface area (Å²) in [5.41, 5.74) is 0.353. The van der Waals surface area contributed by atoms with Crippen LogP contribution in [0.3, 0.4) is 0 Å². The number of hydrogen-bond acceptors (Lipinski definition) is 8. The van der Waals surface area contributed by atoms with Crippen LogP contribution in [0.5, 0.6) is 11.5 Å². The van der Waals surface area contributed by atoms with Crippen molar-refractivity contribution in [2.75, 3.05) is 13.7 Å². The van der Waals surface area contributed by atoms with E-state index in [2.05, 4.69) is 0 Å². The van der Waals surface area contributed by atoms with Crippen LogP contribution >= 0.6 is 11.8 Å². The first-order valence-corrected chi connectivity index (χ1v) is 9.53. The smallest absolute Gasteiger partial charge is 0.344 e. The average molecular weight is 423 g/mol. The Balaban J connectivity index is 2.39. The van der Waals surface area contributed by atoms with Gasteiger partial charge < -0.3 is 19.3 Å². The second kappa shape index (κ2) is 9.46. The second-order valence-electron chi connectivity index (χ2n) is 5.96. The van der Waals surface area contributed by atoms with Crippen LogP contribution < -0.4 is 9.47 Å². The highest BCUT2D eigenvalue weighted by Gasteiger charge is 2.41. The highest BCUT2D eigenvalue weighted by Crippen LogP contribution is 2.38. The Morgan fingerprint density at radius 2 is 1.97 bits per heavy atom. The lowest BCUT2D eigenvalue weighted by Gasteiger charge is -2.19. The number of carboxylic acids is 1. The van der Waals surface area contributed by atoms with Gasteiger partial charge in [-0.15, -0.1) is 0 Å². The maximum Gasteiger partial charge on any atom is 0.344 e. The standard InChI is InChI=1S/C19H21NO8S/c1-5-27-18(24)10(2)20-16(21)14(29-19(20)25)9-12-7-6-8-13(26-4)15(12)28-11(3)17(22)23/h6-11H,5H2,1-4H3,(H,22,23)/b14-9+/t10-,11+/m0/s1. The van der Waals surface area contributed by atoms with Crippen molar-refractivity contribution in [3.05, 3.63) is 28.7 Å². The molecule has 1 fully saturated rings. The van der Waals surface area contributed by atoms with Crippen LogP contribution in [0.4, 0.5) is 4.79 Å².